The number of fused-ring (bicyclic) bond motifs is 12. The van der Waals surface area contributed by atoms with Crippen LogP contribution in [0.2, 0.25) is 0 Å². The summed E-state index contributed by atoms with van der Waals surface area (Å²) in [5.41, 5.74) is 8.66. The summed E-state index contributed by atoms with van der Waals surface area (Å²) in [7, 11) is 0. The largest absolute Gasteiger partial charge is 0.506 e. The molecule has 8 aliphatic carbocycles. The van der Waals surface area contributed by atoms with Crippen LogP contribution in [0.1, 0.15) is 222 Å². The zero-order valence-electron chi connectivity index (χ0n) is 54.0. The third-order valence-corrected chi connectivity index (χ3v) is 25.7. The first kappa shape index (κ1) is 61.6. The molecule has 4 aromatic rings. The van der Waals surface area contributed by atoms with E-state index in [1.54, 1.807) is 35.7 Å². The van der Waals surface area contributed by atoms with Gasteiger partial charge >= 0.3 is 0 Å². The smallest absolute Gasteiger partial charge is 0.141 e. The highest BCUT2D eigenvalue weighted by molar-refractivity contribution is 5.94. The average molecular weight is 1140 g/mol. The second-order valence-corrected chi connectivity index (χ2v) is 31.1. The molecule has 16 atom stereocenters. The van der Waals surface area contributed by atoms with Gasteiger partial charge in [0, 0.05) is 36.0 Å². The van der Waals surface area contributed by atoms with Crippen molar-refractivity contribution in [2.45, 2.75) is 236 Å². The van der Waals surface area contributed by atoms with Crippen LogP contribution in [0.25, 0.3) is 21.8 Å². The number of aryl methyl sites for hydroxylation is 1. The Balaban J connectivity index is 0.000000175. The van der Waals surface area contributed by atoms with Gasteiger partial charge in [0.25, 0.3) is 0 Å². The molecule has 7 heteroatoms. The number of ether oxygens (including phenoxy) is 2. The normalized spacial score (nSPS) is 35.1. The number of pyridine rings is 2. The van der Waals surface area contributed by atoms with E-state index in [1.807, 2.05) is 36.5 Å². The first-order chi connectivity index (χ1) is 40.4. The maximum Gasteiger partial charge on any atom is 0.141 e. The SMILES string of the molecule is CC(C)CCC[C@@H](C)[C@H]1CCC2C3CC=C4C[C@@H](OCC=Nc5ccc(O)c6ncccc56)CC[C@]4(C)C3CC[C@@]21C.CC(C)CCC[C@@H](C)[C@H]1CCC2C3CC=C4C[C@@H](OCCCc5ccc(O)c6ncccc56)CC[C@]4(C)C3CC[C@@]21C. The third-order valence-electron chi connectivity index (χ3n) is 25.7. The molecular weight excluding hydrogens is 1030 g/mol. The summed E-state index contributed by atoms with van der Waals surface area (Å²) in [4.78, 5) is 13.4. The van der Waals surface area contributed by atoms with Crippen LogP contribution in [0, 0.1) is 92.7 Å². The van der Waals surface area contributed by atoms with Crippen LogP contribution in [0.3, 0.4) is 0 Å². The van der Waals surface area contributed by atoms with E-state index in [4.69, 9.17) is 9.47 Å². The summed E-state index contributed by atoms with van der Waals surface area (Å²) in [5, 5.41) is 22.2. The van der Waals surface area contributed by atoms with E-state index in [-0.39, 0.29) is 17.6 Å². The molecule has 6 saturated carbocycles. The second-order valence-electron chi connectivity index (χ2n) is 31.1. The fraction of sp³-hybridized carbons (Fsp3) is 0.701. The lowest BCUT2D eigenvalue weighted by atomic mass is 9.47. The van der Waals surface area contributed by atoms with E-state index in [0.717, 1.165) is 126 Å². The van der Waals surface area contributed by atoms with E-state index >= 15 is 0 Å². The Kier molecular flexibility index (Phi) is 19.0. The highest BCUT2D eigenvalue weighted by Gasteiger charge is 2.61. The summed E-state index contributed by atoms with van der Waals surface area (Å²) in [6, 6.07) is 15.2. The number of phenolic OH excluding ortho intramolecular Hbond substituents is 2. The van der Waals surface area contributed by atoms with Crippen LogP contribution >= 0.6 is 0 Å². The second kappa shape index (κ2) is 25.9. The third kappa shape index (κ3) is 12.3. The van der Waals surface area contributed by atoms with Gasteiger partial charge in [0.15, 0.2) is 0 Å². The lowest BCUT2D eigenvalue weighted by Crippen LogP contribution is -2.51. The summed E-state index contributed by atoms with van der Waals surface area (Å²) in [5.74, 6) is 11.1. The van der Waals surface area contributed by atoms with Gasteiger partial charge in [-0.1, -0.05) is 143 Å². The molecule has 0 aliphatic heterocycles. The molecule has 2 N–H and O–H groups in total. The van der Waals surface area contributed by atoms with Gasteiger partial charge in [0.2, 0.25) is 0 Å². The molecule has 0 bridgehead atoms. The van der Waals surface area contributed by atoms with Gasteiger partial charge in [-0.05, 0) is 250 Å². The van der Waals surface area contributed by atoms with Crippen molar-refractivity contribution >= 4 is 33.7 Å². The van der Waals surface area contributed by atoms with Crippen molar-refractivity contribution in [1.82, 2.24) is 9.97 Å². The number of aromatic nitrogens is 2. The van der Waals surface area contributed by atoms with Gasteiger partial charge in [-0.3, -0.25) is 15.0 Å². The predicted molar refractivity (Wildman–Crippen MR) is 349 cm³/mol. The molecule has 84 heavy (non-hydrogen) atoms. The molecule has 7 nitrogen and oxygen atoms in total. The van der Waals surface area contributed by atoms with Crippen molar-refractivity contribution in [3.8, 4) is 11.5 Å². The topological polar surface area (TPSA) is 97.1 Å². The number of aromatic hydroxyl groups is 2. The quantitative estimate of drug-likeness (QED) is 0.0552. The van der Waals surface area contributed by atoms with Crippen molar-refractivity contribution in [3.63, 3.8) is 0 Å². The Bertz CT molecular complexity index is 2980. The summed E-state index contributed by atoms with van der Waals surface area (Å²) in [6.07, 6.45) is 43.2. The molecule has 458 valence electrons. The number of hydrogen-bond acceptors (Lipinski definition) is 7. The minimum Gasteiger partial charge on any atom is -0.506 e. The molecular formula is C77H111N3O4. The molecule has 0 saturated heterocycles. The van der Waals surface area contributed by atoms with E-state index < -0.39 is 0 Å². The lowest BCUT2D eigenvalue weighted by molar-refractivity contribution is -0.0640. The molecule has 8 aliphatic rings. The van der Waals surface area contributed by atoms with Gasteiger partial charge in [0.05, 0.1) is 24.5 Å². The van der Waals surface area contributed by atoms with Crippen LogP contribution < -0.4 is 0 Å². The van der Waals surface area contributed by atoms with Gasteiger partial charge in [-0.25, -0.2) is 0 Å². The lowest BCUT2D eigenvalue weighted by Gasteiger charge is -2.58. The van der Waals surface area contributed by atoms with E-state index in [2.05, 4.69) is 102 Å². The summed E-state index contributed by atoms with van der Waals surface area (Å²) in [6.45, 7) is 26.7. The number of nitrogens with zero attached hydrogens (tertiary/aromatic N) is 3. The zero-order chi connectivity index (χ0) is 59.0. The summed E-state index contributed by atoms with van der Waals surface area (Å²) >= 11 is 0. The molecule has 6 fully saturated rings. The van der Waals surface area contributed by atoms with E-state index in [0.29, 0.717) is 45.4 Å². The van der Waals surface area contributed by atoms with Crippen molar-refractivity contribution in [2.75, 3.05) is 13.2 Å². The molecule has 0 spiro atoms. The van der Waals surface area contributed by atoms with Gasteiger partial charge < -0.3 is 19.7 Å². The van der Waals surface area contributed by atoms with Crippen LogP contribution in [0.15, 0.2) is 89.2 Å². The maximum absolute atomic E-state index is 10.2. The molecule has 2 aromatic carbocycles. The maximum atomic E-state index is 10.2. The molecule has 2 heterocycles. The number of aliphatic imine (C=N–C) groups is 1. The van der Waals surface area contributed by atoms with E-state index in [1.165, 1.54) is 128 Å². The fourth-order valence-corrected chi connectivity index (χ4v) is 21.1. The number of hydrogen-bond donors (Lipinski definition) is 2. The van der Waals surface area contributed by atoms with Gasteiger partial charge in [-0.2, -0.15) is 0 Å². The Morgan fingerprint density at radius 1 is 0.560 bits per heavy atom. The minimum absolute atomic E-state index is 0.191. The Morgan fingerprint density at radius 3 is 1.62 bits per heavy atom. The van der Waals surface area contributed by atoms with Crippen LogP contribution in [0.4, 0.5) is 5.69 Å². The van der Waals surface area contributed by atoms with Crippen molar-refractivity contribution in [1.29, 1.82) is 0 Å². The van der Waals surface area contributed by atoms with Crippen LogP contribution in [-0.4, -0.2) is 51.8 Å². The molecule has 2 aromatic heterocycles. The number of phenols is 2. The summed E-state index contributed by atoms with van der Waals surface area (Å²) < 4.78 is 12.9. The highest BCUT2D eigenvalue weighted by Crippen LogP contribution is 2.69. The van der Waals surface area contributed by atoms with Crippen LogP contribution in [-0.2, 0) is 15.9 Å². The van der Waals surface area contributed by atoms with Crippen molar-refractivity contribution < 1.29 is 19.7 Å². The Labute approximate surface area is 508 Å². The predicted octanol–water partition coefficient (Wildman–Crippen LogP) is 20.4. The zero-order valence-corrected chi connectivity index (χ0v) is 54.0. The first-order valence-electron chi connectivity index (χ1n) is 34.7. The first-order valence-corrected chi connectivity index (χ1v) is 34.7. The average Bonchev–Trinajstić information content (AvgIpc) is 1.45. The molecule has 0 amide bonds. The number of benzene rings is 2. The minimum atomic E-state index is 0.191. The van der Waals surface area contributed by atoms with Crippen molar-refractivity contribution in [2.24, 2.45) is 97.7 Å². The standard InChI is InChI=1S/C39H57NO2.C38H54N2O2/c1-26(2)9-6-10-27(3)33-16-17-34-32-15-14-29-25-30(19-21-38(29,4)35(32)20-22-39(33,34)5)42-24-8-11-28-13-18-36(41)37-31(28)12-7-23-40-37;1-25(2)8-6-9-26(3)31-13-14-32-29-12-11-27-24-28(17-19-37(27,4)33(29)18-20-38(31,32)5)42-23-22-39-34-15-16-35(41)36-30(34)10-7-21-40-36/h7,12-14,18,23,26-27,30,32-35,41H,6,8-11,15-17,19-22,24-25H2,1-5H3;7,10-11,15-16,21-22,25-26,28-29,31-33,41H,6,8-9,12-14,17-20,23-24H2,1-5H3/t27-,30+,32?,33-,34?,35?,38+,39-;26-,28+,29?,31-,32?,33?,37+,38-/m11/s1. The fourth-order valence-electron chi connectivity index (χ4n) is 21.1. The van der Waals surface area contributed by atoms with Crippen molar-refractivity contribution in [3.05, 3.63) is 89.8 Å². The van der Waals surface area contributed by atoms with E-state index in [9.17, 15) is 10.2 Å². The van der Waals surface area contributed by atoms with Gasteiger partial charge in [0.1, 0.15) is 22.5 Å². The number of allylic oxidation sites excluding steroid dienone is 2. The number of rotatable bonds is 19. The Hall–Kier alpha value is -4.07. The highest BCUT2D eigenvalue weighted by atomic mass is 16.5. The molecule has 12 rings (SSSR count). The monoisotopic (exact) mass is 1140 g/mol. The molecule has 0 radical (unpaired) electrons. The van der Waals surface area contributed by atoms with Crippen LogP contribution in [0.5, 0.6) is 11.5 Å². The molecule has 6 unspecified atom stereocenters. The van der Waals surface area contributed by atoms with Gasteiger partial charge in [-0.15, -0.1) is 0 Å². The Morgan fingerprint density at radius 2 is 1.07 bits per heavy atom.